The average molecular weight is 296 g/mol. The van der Waals surface area contributed by atoms with Gasteiger partial charge in [0.2, 0.25) is 15.9 Å². The van der Waals surface area contributed by atoms with Gasteiger partial charge in [-0.1, -0.05) is 0 Å². The Balaban J connectivity index is 1.99. The first-order valence-corrected chi connectivity index (χ1v) is 7.16. The summed E-state index contributed by atoms with van der Waals surface area (Å²) in [7, 11) is -3.27. The van der Waals surface area contributed by atoms with Crippen LogP contribution in [-0.4, -0.2) is 43.2 Å². The average Bonchev–Trinajstić information content (AvgIpc) is 2.20. The van der Waals surface area contributed by atoms with Gasteiger partial charge in [-0.05, 0) is 6.07 Å². The molecule has 1 fully saturated rings. The Morgan fingerprint density at radius 2 is 2.05 bits per heavy atom. The van der Waals surface area contributed by atoms with Gasteiger partial charge < -0.3 is 4.74 Å². The van der Waals surface area contributed by atoms with Gasteiger partial charge in [-0.3, -0.25) is 0 Å². The third-order valence-electron chi connectivity index (χ3n) is 2.63. The van der Waals surface area contributed by atoms with E-state index < -0.39 is 27.9 Å². The standard InChI is InChI=1S/C10H11F3N2O3S/c1-19(16,17)15-5-8(6-15)18-9-4-7(2-3-14-9)10(11,12)13/h2-4,8H,5-6H2,1H3. The molecule has 1 saturated heterocycles. The van der Waals surface area contributed by atoms with Crippen LogP contribution in [0.15, 0.2) is 18.3 Å². The number of rotatable bonds is 3. The van der Waals surface area contributed by atoms with Gasteiger partial charge in [0, 0.05) is 12.3 Å². The topological polar surface area (TPSA) is 59.5 Å². The molecule has 1 aromatic heterocycles. The number of nitrogens with zero attached hydrogens (tertiary/aromatic N) is 2. The van der Waals surface area contributed by atoms with Gasteiger partial charge in [0.1, 0.15) is 6.10 Å². The Morgan fingerprint density at radius 1 is 1.42 bits per heavy atom. The molecule has 2 rings (SSSR count). The molecule has 0 saturated carbocycles. The van der Waals surface area contributed by atoms with E-state index in [4.69, 9.17) is 4.74 Å². The first-order valence-electron chi connectivity index (χ1n) is 5.31. The molecule has 1 aromatic rings. The first kappa shape index (κ1) is 14.1. The summed E-state index contributed by atoms with van der Waals surface area (Å²) in [6.07, 6.45) is -2.86. The van der Waals surface area contributed by atoms with Gasteiger partial charge >= 0.3 is 6.18 Å². The maximum Gasteiger partial charge on any atom is 0.416 e. The van der Waals surface area contributed by atoms with Crippen LogP contribution < -0.4 is 4.74 Å². The lowest BCUT2D eigenvalue weighted by Crippen LogP contribution is -2.55. The van der Waals surface area contributed by atoms with Crippen LogP contribution in [0.25, 0.3) is 0 Å². The van der Waals surface area contributed by atoms with Crippen molar-refractivity contribution in [1.29, 1.82) is 0 Å². The highest BCUT2D eigenvalue weighted by molar-refractivity contribution is 7.88. The number of aromatic nitrogens is 1. The minimum absolute atomic E-state index is 0.122. The van der Waals surface area contributed by atoms with Gasteiger partial charge in [-0.25, -0.2) is 13.4 Å². The molecule has 2 heterocycles. The lowest BCUT2D eigenvalue weighted by atomic mass is 10.2. The zero-order chi connectivity index (χ0) is 14.3. The van der Waals surface area contributed by atoms with Gasteiger partial charge in [0.15, 0.2) is 0 Å². The van der Waals surface area contributed by atoms with E-state index in [-0.39, 0.29) is 19.0 Å². The molecule has 0 radical (unpaired) electrons. The number of ether oxygens (including phenoxy) is 1. The van der Waals surface area contributed by atoms with Crippen LogP contribution >= 0.6 is 0 Å². The summed E-state index contributed by atoms with van der Waals surface area (Å²) in [5, 5.41) is 0. The Hall–Kier alpha value is -1.35. The Bertz CT molecular complexity index is 568. The fourth-order valence-electron chi connectivity index (χ4n) is 1.57. The molecule has 1 aliphatic heterocycles. The summed E-state index contributed by atoms with van der Waals surface area (Å²) in [4.78, 5) is 3.67. The van der Waals surface area contributed by atoms with Gasteiger partial charge in [-0.2, -0.15) is 17.5 Å². The lowest BCUT2D eigenvalue weighted by Gasteiger charge is -2.36. The Kier molecular flexibility index (Phi) is 3.43. The lowest BCUT2D eigenvalue weighted by molar-refractivity contribution is -0.137. The van der Waals surface area contributed by atoms with Crippen LogP contribution in [0.5, 0.6) is 5.88 Å². The minimum atomic E-state index is -4.46. The highest BCUT2D eigenvalue weighted by atomic mass is 32.2. The van der Waals surface area contributed by atoms with E-state index in [1.807, 2.05) is 0 Å². The van der Waals surface area contributed by atoms with E-state index in [1.54, 1.807) is 0 Å². The molecular weight excluding hydrogens is 285 g/mol. The van der Waals surface area contributed by atoms with Crippen molar-refractivity contribution in [3.63, 3.8) is 0 Å². The Labute approximate surface area is 108 Å². The van der Waals surface area contributed by atoms with E-state index in [0.29, 0.717) is 0 Å². The van der Waals surface area contributed by atoms with E-state index in [2.05, 4.69) is 4.98 Å². The SMILES string of the molecule is CS(=O)(=O)N1CC(Oc2cc(C(F)(F)F)ccn2)C1. The van der Waals surface area contributed by atoms with E-state index >= 15 is 0 Å². The molecule has 0 atom stereocenters. The van der Waals surface area contributed by atoms with Crippen LogP contribution in [0.4, 0.5) is 13.2 Å². The van der Waals surface area contributed by atoms with E-state index in [9.17, 15) is 21.6 Å². The van der Waals surface area contributed by atoms with Crippen molar-refractivity contribution in [2.45, 2.75) is 12.3 Å². The summed E-state index contributed by atoms with van der Waals surface area (Å²) in [6, 6.07) is 1.64. The fraction of sp³-hybridized carbons (Fsp3) is 0.500. The molecular formula is C10H11F3N2O3S. The summed E-state index contributed by atoms with van der Waals surface area (Å²) in [6.45, 7) is 0.244. The molecule has 5 nitrogen and oxygen atoms in total. The van der Waals surface area contributed by atoms with Crippen LogP contribution in [0, 0.1) is 0 Å². The minimum Gasteiger partial charge on any atom is -0.472 e. The quantitative estimate of drug-likeness (QED) is 0.839. The molecule has 9 heteroatoms. The van der Waals surface area contributed by atoms with Gasteiger partial charge in [0.05, 0.1) is 24.9 Å². The van der Waals surface area contributed by atoms with E-state index in [0.717, 1.165) is 24.6 Å². The van der Waals surface area contributed by atoms with Crippen molar-refractivity contribution in [2.24, 2.45) is 0 Å². The largest absolute Gasteiger partial charge is 0.472 e. The summed E-state index contributed by atoms with van der Waals surface area (Å²) in [5.41, 5.74) is -0.850. The molecule has 106 valence electrons. The molecule has 0 unspecified atom stereocenters. The van der Waals surface area contributed by atoms with Crippen molar-refractivity contribution in [3.05, 3.63) is 23.9 Å². The van der Waals surface area contributed by atoms with Crippen molar-refractivity contribution < 1.29 is 26.3 Å². The molecule has 0 spiro atoms. The number of hydrogen-bond donors (Lipinski definition) is 0. The van der Waals surface area contributed by atoms with Gasteiger partial charge in [0.25, 0.3) is 0 Å². The fourth-order valence-corrected chi connectivity index (χ4v) is 2.44. The normalized spacial score (nSPS) is 18.1. The number of sulfonamides is 1. The second-order valence-corrected chi connectivity index (χ2v) is 6.18. The zero-order valence-electron chi connectivity index (χ0n) is 9.88. The third-order valence-corrected chi connectivity index (χ3v) is 3.87. The molecule has 0 bridgehead atoms. The first-order chi connectivity index (χ1) is 8.66. The molecule has 1 aliphatic rings. The highest BCUT2D eigenvalue weighted by Crippen LogP contribution is 2.31. The molecule has 0 amide bonds. The third kappa shape index (κ3) is 3.35. The maximum absolute atomic E-state index is 12.4. The molecule has 0 aliphatic carbocycles. The predicted octanol–water partition coefficient (Wildman–Crippen LogP) is 1.12. The summed E-state index contributed by atoms with van der Waals surface area (Å²) >= 11 is 0. The number of alkyl halides is 3. The van der Waals surface area contributed by atoms with E-state index in [1.165, 1.54) is 4.31 Å². The van der Waals surface area contributed by atoms with Gasteiger partial charge in [-0.15, -0.1) is 0 Å². The zero-order valence-corrected chi connectivity index (χ0v) is 10.7. The Morgan fingerprint density at radius 3 is 2.58 bits per heavy atom. The van der Waals surface area contributed by atoms with Crippen molar-refractivity contribution in [1.82, 2.24) is 9.29 Å². The summed E-state index contributed by atoms with van der Waals surface area (Å²) < 4.78 is 65.9. The molecule has 19 heavy (non-hydrogen) atoms. The van der Waals surface area contributed by atoms with Crippen LogP contribution in [0.3, 0.4) is 0 Å². The van der Waals surface area contributed by atoms with Crippen LogP contribution in [0.2, 0.25) is 0 Å². The second kappa shape index (κ2) is 4.64. The number of hydrogen-bond acceptors (Lipinski definition) is 4. The number of pyridine rings is 1. The van der Waals surface area contributed by atoms with Crippen molar-refractivity contribution in [2.75, 3.05) is 19.3 Å². The monoisotopic (exact) mass is 296 g/mol. The van der Waals surface area contributed by atoms with Crippen molar-refractivity contribution in [3.8, 4) is 5.88 Å². The second-order valence-electron chi connectivity index (χ2n) is 4.20. The number of halogens is 3. The smallest absolute Gasteiger partial charge is 0.416 e. The van der Waals surface area contributed by atoms with Crippen LogP contribution in [0.1, 0.15) is 5.56 Å². The molecule has 0 N–H and O–H groups in total. The summed E-state index contributed by atoms with van der Waals surface area (Å²) in [5.74, 6) is -0.159. The van der Waals surface area contributed by atoms with Crippen LogP contribution in [-0.2, 0) is 16.2 Å². The highest BCUT2D eigenvalue weighted by Gasteiger charge is 2.36. The predicted molar refractivity (Wildman–Crippen MR) is 60.1 cm³/mol. The maximum atomic E-state index is 12.4. The molecule has 0 aromatic carbocycles. The van der Waals surface area contributed by atoms with Crippen molar-refractivity contribution >= 4 is 10.0 Å².